The van der Waals surface area contributed by atoms with Crippen molar-refractivity contribution in [2.24, 2.45) is 22.5 Å². The van der Waals surface area contributed by atoms with E-state index in [0.717, 1.165) is 17.8 Å². The number of nitrogens with two attached hydrogens (primary N) is 1. The van der Waals surface area contributed by atoms with Crippen molar-refractivity contribution < 1.29 is 0 Å². The lowest BCUT2D eigenvalue weighted by Gasteiger charge is -2.13. The van der Waals surface area contributed by atoms with Gasteiger partial charge in [-0.2, -0.15) is 0 Å². The fraction of sp³-hybridized carbons (Fsp3) is 0.562. The molecule has 1 aromatic carbocycles. The third-order valence-electron chi connectivity index (χ3n) is 5.26. The van der Waals surface area contributed by atoms with Gasteiger partial charge in [0.25, 0.3) is 0 Å². The molecule has 1 aromatic rings. The third-order valence-corrected chi connectivity index (χ3v) is 5.48. The summed E-state index contributed by atoms with van der Waals surface area (Å²) in [7, 11) is 0. The quantitative estimate of drug-likeness (QED) is 0.823. The van der Waals surface area contributed by atoms with Crippen LogP contribution in [0.3, 0.4) is 0 Å². The Labute approximate surface area is 121 Å². The summed E-state index contributed by atoms with van der Waals surface area (Å²) < 4.78 is 0. The Balaban J connectivity index is 2.13. The number of nitrogens with one attached hydrogen (secondary N) is 1. The molecular weight excluding hydrogens is 252 g/mol. The van der Waals surface area contributed by atoms with E-state index in [2.05, 4.69) is 46.0 Å². The Morgan fingerprint density at radius 1 is 1.26 bits per heavy atom. The van der Waals surface area contributed by atoms with Crippen molar-refractivity contribution in [2.75, 3.05) is 11.9 Å². The van der Waals surface area contributed by atoms with E-state index in [9.17, 15) is 0 Å². The van der Waals surface area contributed by atoms with E-state index in [1.807, 2.05) is 12.1 Å². The number of anilines is 1. The van der Waals surface area contributed by atoms with Gasteiger partial charge in [-0.15, -0.1) is 0 Å². The Morgan fingerprint density at radius 2 is 1.84 bits per heavy atom. The number of hydrogen-bond acceptors (Lipinski definition) is 2. The predicted molar refractivity (Wildman–Crippen MR) is 86.6 cm³/mol. The summed E-state index contributed by atoms with van der Waals surface area (Å²) in [6.45, 7) is 12.4. The predicted octanol–water partition coefficient (Wildman–Crippen LogP) is 3.72. The highest BCUT2D eigenvalue weighted by Crippen LogP contribution is 2.68. The molecule has 0 amide bonds. The average Bonchev–Trinajstić information content (AvgIpc) is 2.66. The van der Waals surface area contributed by atoms with E-state index in [1.54, 1.807) is 0 Å². The standard InChI is InChI=1S/C16H24N2S/c1-10-6-7-11(14(17)19)12(8-10)18-9-13-15(2,3)16(13,4)5/h6-8,13,18H,9H2,1-5H3,(H2,17,19). The van der Waals surface area contributed by atoms with E-state index < -0.39 is 0 Å². The molecule has 0 radical (unpaired) electrons. The maximum atomic E-state index is 5.78. The first-order valence-electron chi connectivity index (χ1n) is 6.82. The van der Waals surface area contributed by atoms with Crippen LogP contribution in [0.2, 0.25) is 0 Å². The number of rotatable bonds is 4. The summed E-state index contributed by atoms with van der Waals surface area (Å²) in [4.78, 5) is 0.455. The lowest BCUT2D eigenvalue weighted by molar-refractivity contribution is 0.457. The molecule has 0 unspecified atom stereocenters. The van der Waals surface area contributed by atoms with E-state index in [1.165, 1.54) is 5.56 Å². The van der Waals surface area contributed by atoms with Crippen molar-refractivity contribution in [3.8, 4) is 0 Å². The van der Waals surface area contributed by atoms with Crippen molar-refractivity contribution in [3.05, 3.63) is 29.3 Å². The highest BCUT2D eigenvalue weighted by atomic mass is 32.1. The van der Waals surface area contributed by atoms with E-state index in [4.69, 9.17) is 18.0 Å². The van der Waals surface area contributed by atoms with E-state index >= 15 is 0 Å². The molecule has 0 heterocycles. The van der Waals surface area contributed by atoms with Gasteiger partial charge in [-0.1, -0.05) is 46.0 Å². The van der Waals surface area contributed by atoms with Gasteiger partial charge in [-0.05, 0) is 41.4 Å². The average molecular weight is 276 g/mol. The van der Waals surface area contributed by atoms with Crippen LogP contribution in [0.15, 0.2) is 18.2 Å². The summed E-state index contributed by atoms with van der Waals surface area (Å²) in [6, 6.07) is 6.17. The Morgan fingerprint density at radius 3 is 2.32 bits per heavy atom. The van der Waals surface area contributed by atoms with Gasteiger partial charge < -0.3 is 11.1 Å². The molecule has 104 valence electrons. The van der Waals surface area contributed by atoms with Gasteiger partial charge in [0.1, 0.15) is 4.99 Å². The lowest BCUT2D eigenvalue weighted by Crippen LogP contribution is -2.15. The molecule has 0 aliphatic heterocycles. The number of benzene rings is 1. The van der Waals surface area contributed by atoms with Crippen molar-refractivity contribution in [1.29, 1.82) is 0 Å². The monoisotopic (exact) mass is 276 g/mol. The second kappa shape index (κ2) is 4.48. The fourth-order valence-corrected chi connectivity index (χ4v) is 3.25. The van der Waals surface area contributed by atoms with Crippen LogP contribution in [0, 0.1) is 23.7 Å². The first kappa shape index (κ1) is 14.3. The van der Waals surface area contributed by atoms with Gasteiger partial charge in [0.05, 0.1) is 0 Å². The molecule has 1 fully saturated rings. The van der Waals surface area contributed by atoms with Gasteiger partial charge in [-0.3, -0.25) is 0 Å². The van der Waals surface area contributed by atoms with Crippen LogP contribution in [-0.4, -0.2) is 11.5 Å². The van der Waals surface area contributed by atoms with Crippen LogP contribution in [0.5, 0.6) is 0 Å². The molecule has 1 aliphatic rings. The number of hydrogen-bond donors (Lipinski definition) is 2. The van der Waals surface area contributed by atoms with Crippen molar-refractivity contribution in [2.45, 2.75) is 34.6 Å². The van der Waals surface area contributed by atoms with Gasteiger partial charge in [-0.25, -0.2) is 0 Å². The normalized spacial score (nSPS) is 20.1. The van der Waals surface area contributed by atoms with Crippen molar-refractivity contribution in [3.63, 3.8) is 0 Å². The topological polar surface area (TPSA) is 38.0 Å². The van der Waals surface area contributed by atoms with Crippen LogP contribution in [0.25, 0.3) is 0 Å². The molecule has 2 nitrogen and oxygen atoms in total. The second-order valence-electron chi connectivity index (χ2n) is 6.79. The van der Waals surface area contributed by atoms with Gasteiger partial charge >= 0.3 is 0 Å². The maximum Gasteiger partial charge on any atom is 0.106 e. The Kier molecular flexibility index (Phi) is 3.38. The summed E-state index contributed by atoms with van der Waals surface area (Å²) in [5.74, 6) is 0.680. The molecule has 2 rings (SSSR count). The first-order valence-corrected chi connectivity index (χ1v) is 7.23. The molecule has 19 heavy (non-hydrogen) atoms. The second-order valence-corrected chi connectivity index (χ2v) is 7.23. The Hall–Kier alpha value is -1.09. The molecule has 1 aliphatic carbocycles. The minimum atomic E-state index is 0.396. The molecule has 0 saturated heterocycles. The summed E-state index contributed by atoms with van der Waals surface area (Å²) in [6.07, 6.45) is 0. The van der Waals surface area contributed by atoms with E-state index in [0.29, 0.717) is 21.7 Å². The summed E-state index contributed by atoms with van der Waals surface area (Å²) in [5.41, 5.74) is 9.80. The van der Waals surface area contributed by atoms with Gasteiger partial charge in [0.15, 0.2) is 0 Å². The molecule has 0 bridgehead atoms. The van der Waals surface area contributed by atoms with Crippen molar-refractivity contribution in [1.82, 2.24) is 0 Å². The van der Waals surface area contributed by atoms with Crippen LogP contribution < -0.4 is 11.1 Å². The highest BCUT2D eigenvalue weighted by Gasteiger charge is 2.64. The zero-order valence-electron chi connectivity index (χ0n) is 12.5. The zero-order valence-corrected chi connectivity index (χ0v) is 13.3. The van der Waals surface area contributed by atoms with Crippen LogP contribution >= 0.6 is 12.2 Å². The smallest absolute Gasteiger partial charge is 0.106 e. The summed E-state index contributed by atoms with van der Waals surface area (Å²) in [5, 5.41) is 3.54. The minimum Gasteiger partial charge on any atom is -0.389 e. The first-order chi connectivity index (χ1) is 8.68. The van der Waals surface area contributed by atoms with Crippen LogP contribution in [0.1, 0.15) is 38.8 Å². The summed E-state index contributed by atoms with van der Waals surface area (Å²) >= 11 is 5.12. The third kappa shape index (κ3) is 2.36. The molecular formula is C16H24N2S. The molecule has 0 atom stereocenters. The molecule has 0 aromatic heterocycles. The number of thiocarbonyl (C=S) groups is 1. The molecule has 3 heteroatoms. The zero-order chi connectivity index (χ0) is 14.4. The SMILES string of the molecule is Cc1ccc(C(N)=S)c(NCC2C(C)(C)C2(C)C)c1. The number of aryl methyl sites for hydroxylation is 1. The Bertz CT molecular complexity index is 503. The van der Waals surface area contributed by atoms with Crippen molar-refractivity contribution >= 4 is 22.9 Å². The highest BCUT2D eigenvalue weighted by molar-refractivity contribution is 7.80. The fourth-order valence-electron chi connectivity index (χ4n) is 3.07. The largest absolute Gasteiger partial charge is 0.389 e. The van der Waals surface area contributed by atoms with Crippen LogP contribution in [0.4, 0.5) is 5.69 Å². The van der Waals surface area contributed by atoms with Gasteiger partial charge in [0, 0.05) is 17.8 Å². The van der Waals surface area contributed by atoms with Gasteiger partial charge in [0.2, 0.25) is 0 Å². The molecule has 0 spiro atoms. The van der Waals surface area contributed by atoms with Crippen LogP contribution in [-0.2, 0) is 0 Å². The van der Waals surface area contributed by atoms with E-state index in [-0.39, 0.29) is 0 Å². The molecule has 1 saturated carbocycles. The molecule has 3 N–H and O–H groups in total. The maximum absolute atomic E-state index is 5.78. The minimum absolute atomic E-state index is 0.396. The lowest BCUT2D eigenvalue weighted by atomic mass is 10.0.